The summed E-state index contributed by atoms with van der Waals surface area (Å²) in [5.74, 6) is -0.516. The fourth-order valence-corrected chi connectivity index (χ4v) is 7.94. The lowest BCUT2D eigenvalue weighted by molar-refractivity contribution is -0.138. The molecule has 1 atom stereocenters. The number of ether oxygens (including phenoxy) is 1. The van der Waals surface area contributed by atoms with Crippen LogP contribution in [0.1, 0.15) is 74.4 Å². The van der Waals surface area contributed by atoms with Gasteiger partial charge in [0.25, 0.3) is 5.91 Å². The van der Waals surface area contributed by atoms with Crippen molar-refractivity contribution >= 4 is 52.2 Å². The number of nitriles is 1. The van der Waals surface area contributed by atoms with E-state index in [0.717, 1.165) is 33.9 Å². The van der Waals surface area contributed by atoms with E-state index in [4.69, 9.17) is 22.2 Å². The van der Waals surface area contributed by atoms with Gasteiger partial charge in [0, 0.05) is 37.5 Å². The summed E-state index contributed by atoms with van der Waals surface area (Å²) in [6, 6.07) is 15.3. The number of nitrogens with zero attached hydrogens (tertiary/aromatic N) is 5. The zero-order valence-electron chi connectivity index (χ0n) is 30.7. The van der Waals surface area contributed by atoms with Gasteiger partial charge >= 0.3 is 6.18 Å². The zero-order valence-corrected chi connectivity index (χ0v) is 31.6. The van der Waals surface area contributed by atoms with E-state index in [2.05, 4.69) is 15.2 Å². The summed E-state index contributed by atoms with van der Waals surface area (Å²) < 4.78 is 47.6. The smallest absolute Gasteiger partial charge is 0.419 e. The van der Waals surface area contributed by atoms with Crippen molar-refractivity contribution in [1.29, 1.82) is 5.26 Å². The predicted molar refractivity (Wildman–Crippen MR) is 201 cm³/mol. The number of Topliss-reactive ketones (excluding diaryl/α,β-unsaturated/α-hetero) is 1. The van der Waals surface area contributed by atoms with Crippen LogP contribution in [-0.4, -0.2) is 69.8 Å². The highest BCUT2D eigenvalue weighted by Gasteiger charge is 2.51. The Morgan fingerprint density at radius 1 is 1.05 bits per heavy atom. The lowest BCUT2D eigenvalue weighted by Crippen LogP contribution is -2.44. The predicted octanol–water partition coefficient (Wildman–Crippen LogP) is 5.70. The van der Waals surface area contributed by atoms with Crippen molar-refractivity contribution in [3.05, 3.63) is 82.7 Å². The summed E-state index contributed by atoms with van der Waals surface area (Å²) in [6.45, 7) is 6.92. The number of aromatic nitrogens is 1. The number of alkyl halides is 3. The summed E-state index contributed by atoms with van der Waals surface area (Å²) in [6.07, 6.45) is -0.222. The van der Waals surface area contributed by atoms with Crippen molar-refractivity contribution in [1.82, 2.24) is 15.2 Å². The molecule has 3 aromatic rings. The molecule has 0 saturated carbocycles. The van der Waals surface area contributed by atoms with E-state index in [1.54, 1.807) is 24.8 Å². The van der Waals surface area contributed by atoms with Crippen LogP contribution < -0.4 is 19.9 Å². The normalized spacial score (nSPS) is 19.4. The quantitative estimate of drug-likeness (QED) is 0.191. The van der Waals surface area contributed by atoms with Crippen LogP contribution in [0.3, 0.4) is 0 Å². The molecule has 55 heavy (non-hydrogen) atoms. The Kier molecular flexibility index (Phi) is 11.4. The third kappa shape index (κ3) is 8.55. The highest BCUT2D eigenvalue weighted by molar-refractivity contribution is 7.81. The molecule has 0 radical (unpaired) electrons. The van der Waals surface area contributed by atoms with E-state index in [0.29, 0.717) is 69.6 Å². The maximum Gasteiger partial charge on any atom is 0.419 e. The van der Waals surface area contributed by atoms with Crippen LogP contribution in [0, 0.1) is 17.2 Å². The molecule has 6 rings (SSSR count). The van der Waals surface area contributed by atoms with Gasteiger partial charge in [-0.3, -0.25) is 34.3 Å². The SMILES string of the molecule is CCc1cc(N2C(=S)N(c3cnc(C#N)c(C(F)(F)F)c3)C(=O)C2(C)C)ccc1OC1CCN(CC(=O)Cc2cccc(CC3CCC(=O)NC3=O)c2)CC1. The number of anilines is 2. The van der Waals surface area contributed by atoms with Gasteiger partial charge in [-0.1, -0.05) is 31.2 Å². The van der Waals surface area contributed by atoms with Gasteiger partial charge in [-0.05, 0) is 99.1 Å². The number of benzene rings is 2. The highest BCUT2D eigenvalue weighted by atomic mass is 32.1. The molecule has 288 valence electrons. The summed E-state index contributed by atoms with van der Waals surface area (Å²) >= 11 is 5.69. The van der Waals surface area contributed by atoms with Gasteiger partial charge in [-0.15, -0.1) is 0 Å². The average molecular weight is 775 g/mol. The number of rotatable bonds is 11. The molecule has 0 spiro atoms. The number of aryl methyl sites for hydroxylation is 1. The number of ketones is 1. The third-order valence-corrected chi connectivity index (χ3v) is 10.7. The number of imide groups is 1. The Balaban J connectivity index is 1.05. The summed E-state index contributed by atoms with van der Waals surface area (Å²) in [5, 5.41) is 11.5. The van der Waals surface area contributed by atoms with E-state index in [1.165, 1.54) is 6.07 Å². The van der Waals surface area contributed by atoms with Gasteiger partial charge in [0.2, 0.25) is 11.8 Å². The highest BCUT2D eigenvalue weighted by Crippen LogP contribution is 2.40. The Morgan fingerprint density at radius 2 is 1.78 bits per heavy atom. The maximum absolute atomic E-state index is 13.7. The van der Waals surface area contributed by atoms with E-state index in [1.807, 2.05) is 43.3 Å². The van der Waals surface area contributed by atoms with E-state index in [-0.39, 0.29) is 46.8 Å². The molecule has 2 aromatic carbocycles. The second kappa shape index (κ2) is 15.9. The standard InChI is InChI=1S/C40H41F3N6O5S/c1-4-26-19-28(49-38(55)48(37(53)39(49,2)3)29-20-32(40(41,42)43)33(21-44)45-22-29)9-10-34(26)54-31-12-14-47(15-13-31)23-30(50)18-25-7-5-6-24(16-25)17-27-8-11-35(51)46-36(27)52/h5-7,9-10,16,19-20,22,27,31H,4,8,11-15,17-18,23H2,1-3H3,(H,46,51,52). The van der Waals surface area contributed by atoms with Crippen molar-refractivity contribution in [3.8, 4) is 11.8 Å². The molecule has 0 aliphatic carbocycles. The summed E-state index contributed by atoms with van der Waals surface area (Å²) in [4.78, 5) is 58.8. The topological polar surface area (TPSA) is 136 Å². The van der Waals surface area contributed by atoms with Gasteiger partial charge in [-0.2, -0.15) is 18.4 Å². The number of pyridine rings is 1. The van der Waals surface area contributed by atoms with Crippen LogP contribution in [0.5, 0.6) is 5.75 Å². The average Bonchev–Trinajstić information content (AvgIpc) is 3.31. The van der Waals surface area contributed by atoms with Gasteiger partial charge in [0.15, 0.2) is 16.6 Å². The Hall–Kier alpha value is -5.20. The first kappa shape index (κ1) is 39.5. The number of piperidine rings is 2. The number of thiocarbonyl (C=S) groups is 1. The molecular formula is C40H41F3N6O5S. The number of carbonyl (C=O) groups excluding carboxylic acids is 4. The Bertz CT molecular complexity index is 2070. The number of carbonyl (C=O) groups is 4. The van der Waals surface area contributed by atoms with Gasteiger partial charge < -0.3 is 9.64 Å². The van der Waals surface area contributed by atoms with E-state index >= 15 is 0 Å². The Morgan fingerprint density at radius 3 is 2.45 bits per heavy atom. The largest absolute Gasteiger partial charge is 0.490 e. The molecule has 1 aromatic heterocycles. The minimum Gasteiger partial charge on any atom is -0.490 e. The van der Waals surface area contributed by atoms with Crippen molar-refractivity contribution < 1.29 is 37.1 Å². The molecule has 4 heterocycles. The second-order valence-electron chi connectivity index (χ2n) is 14.6. The van der Waals surface area contributed by atoms with Gasteiger partial charge in [-0.25, -0.2) is 4.98 Å². The van der Waals surface area contributed by atoms with E-state index in [9.17, 15) is 32.3 Å². The first-order valence-corrected chi connectivity index (χ1v) is 18.6. The van der Waals surface area contributed by atoms with Crippen molar-refractivity contribution in [2.75, 3.05) is 29.4 Å². The molecule has 3 fully saturated rings. The molecule has 3 amide bonds. The number of halogens is 3. The maximum atomic E-state index is 13.7. The first-order valence-electron chi connectivity index (χ1n) is 18.2. The van der Waals surface area contributed by atoms with Crippen LogP contribution in [0.25, 0.3) is 0 Å². The van der Waals surface area contributed by atoms with Crippen LogP contribution in [0.4, 0.5) is 24.5 Å². The molecule has 3 aliphatic heterocycles. The summed E-state index contributed by atoms with van der Waals surface area (Å²) in [7, 11) is 0. The fraction of sp³-hybridized carbons (Fsp3) is 0.425. The molecule has 3 aliphatic rings. The van der Waals surface area contributed by atoms with Crippen molar-refractivity contribution in [3.63, 3.8) is 0 Å². The first-order chi connectivity index (χ1) is 26.1. The lowest BCUT2D eigenvalue weighted by atomic mass is 9.90. The van der Waals surface area contributed by atoms with Crippen molar-refractivity contribution in [2.24, 2.45) is 5.92 Å². The number of amides is 3. The molecule has 3 saturated heterocycles. The van der Waals surface area contributed by atoms with Crippen LogP contribution in [0.2, 0.25) is 0 Å². The van der Waals surface area contributed by atoms with E-state index < -0.39 is 28.9 Å². The van der Waals surface area contributed by atoms with Crippen LogP contribution >= 0.6 is 12.2 Å². The third-order valence-electron chi connectivity index (χ3n) is 10.4. The Labute approximate surface area is 322 Å². The lowest BCUT2D eigenvalue weighted by Gasteiger charge is -2.33. The van der Waals surface area contributed by atoms with Crippen molar-refractivity contribution in [2.45, 2.75) is 83.5 Å². The minimum absolute atomic E-state index is 0.0211. The molecule has 1 unspecified atom stereocenters. The van der Waals surface area contributed by atoms with Crippen LogP contribution in [0.15, 0.2) is 54.7 Å². The number of hydrogen-bond donors (Lipinski definition) is 1. The van der Waals surface area contributed by atoms with Gasteiger partial charge in [0.05, 0.1) is 24.0 Å². The summed E-state index contributed by atoms with van der Waals surface area (Å²) in [5.41, 5.74) is -0.199. The van der Waals surface area contributed by atoms with Gasteiger partial charge in [0.1, 0.15) is 23.5 Å². The molecule has 15 heteroatoms. The molecule has 1 N–H and O–H groups in total. The molecule has 11 nitrogen and oxygen atoms in total. The monoisotopic (exact) mass is 774 g/mol. The minimum atomic E-state index is -4.86. The fourth-order valence-electron chi connectivity index (χ4n) is 7.42. The second-order valence-corrected chi connectivity index (χ2v) is 15.0. The molecule has 0 bridgehead atoms. The number of likely N-dealkylation sites (tertiary alicyclic amines) is 1. The zero-order chi connectivity index (χ0) is 39.7. The number of nitrogens with one attached hydrogen (secondary N) is 1. The van der Waals surface area contributed by atoms with Crippen LogP contribution in [-0.2, 0) is 44.6 Å². The molecular weight excluding hydrogens is 734 g/mol. The number of hydrogen-bond acceptors (Lipinski definition) is 9.